The van der Waals surface area contributed by atoms with Crippen molar-refractivity contribution in [1.29, 1.82) is 0 Å². The first-order valence-electron chi connectivity index (χ1n) is 7.00. The summed E-state index contributed by atoms with van der Waals surface area (Å²) in [6.45, 7) is 1.17. The lowest BCUT2D eigenvalue weighted by molar-refractivity contribution is 0.379. The van der Waals surface area contributed by atoms with Crippen molar-refractivity contribution in [2.24, 2.45) is 7.05 Å². The molecule has 0 spiro atoms. The van der Waals surface area contributed by atoms with Crippen molar-refractivity contribution >= 4 is 11.3 Å². The molecule has 0 amide bonds. The normalized spacial score (nSPS) is 19.7. The lowest BCUT2D eigenvalue weighted by Crippen LogP contribution is -2.34. The van der Waals surface area contributed by atoms with Gasteiger partial charge in [-0.05, 0) is 37.3 Å². The summed E-state index contributed by atoms with van der Waals surface area (Å²) in [4.78, 5) is 5.82. The molecular formula is C14H20N4S. The van der Waals surface area contributed by atoms with Crippen LogP contribution in [0.4, 0.5) is 0 Å². The maximum atomic E-state index is 4.67. The molecule has 4 nitrogen and oxygen atoms in total. The van der Waals surface area contributed by atoms with E-state index in [1.807, 2.05) is 17.8 Å². The molecule has 1 unspecified atom stereocenters. The smallest absolute Gasteiger partial charge is 0.191 e. The van der Waals surface area contributed by atoms with E-state index in [0.717, 1.165) is 29.4 Å². The second-order valence-electron chi connectivity index (χ2n) is 5.14. The van der Waals surface area contributed by atoms with E-state index in [2.05, 4.69) is 26.8 Å². The van der Waals surface area contributed by atoms with Crippen molar-refractivity contribution in [2.45, 2.75) is 38.1 Å². The molecule has 2 aromatic rings. The van der Waals surface area contributed by atoms with Crippen molar-refractivity contribution in [1.82, 2.24) is 20.1 Å². The van der Waals surface area contributed by atoms with Gasteiger partial charge in [0.05, 0.1) is 4.88 Å². The lowest BCUT2D eigenvalue weighted by atomic mass is 10.0. The van der Waals surface area contributed by atoms with E-state index in [1.54, 1.807) is 11.3 Å². The second kappa shape index (κ2) is 5.84. The van der Waals surface area contributed by atoms with Crippen LogP contribution in [0, 0.1) is 0 Å². The number of nitrogens with one attached hydrogen (secondary N) is 1. The number of aromatic nitrogens is 3. The first-order chi connectivity index (χ1) is 9.33. The average molecular weight is 276 g/mol. The lowest BCUT2D eigenvalue weighted by Gasteiger charge is -2.22. The van der Waals surface area contributed by atoms with Gasteiger partial charge in [-0.25, -0.2) is 4.98 Å². The second-order valence-corrected chi connectivity index (χ2v) is 6.09. The van der Waals surface area contributed by atoms with Crippen LogP contribution in [-0.4, -0.2) is 27.4 Å². The molecular weight excluding hydrogens is 256 g/mol. The molecule has 1 atom stereocenters. The van der Waals surface area contributed by atoms with Crippen molar-refractivity contribution in [3.05, 3.63) is 23.3 Å². The fraction of sp³-hybridized carbons (Fsp3) is 0.571. The van der Waals surface area contributed by atoms with Crippen LogP contribution in [0.3, 0.4) is 0 Å². The topological polar surface area (TPSA) is 42.7 Å². The highest BCUT2D eigenvalue weighted by atomic mass is 32.1. The zero-order valence-corrected chi connectivity index (χ0v) is 12.1. The van der Waals surface area contributed by atoms with Gasteiger partial charge < -0.3 is 5.32 Å². The molecule has 0 radical (unpaired) electrons. The Balaban J connectivity index is 1.64. The van der Waals surface area contributed by atoms with Crippen LogP contribution in [0.15, 0.2) is 17.5 Å². The monoisotopic (exact) mass is 276 g/mol. The maximum absolute atomic E-state index is 4.67. The minimum Gasteiger partial charge on any atom is -0.314 e. The van der Waals surface area contributed by atoms with Crippen molar-refractivity contribution in [2.75, 3.05) is 6.54 Å². The van der Waals surface area contributed by atoms with Crippen LogP contribution >= 0.6 is 11.3 Å². The van der Waals surface area contributed by atoms with Gasteiger partial charge >= 0.3 is 0 Å². The zero-order valence-electron chi connectivity index (χ0n) is 11.3. The summed E-state index contributed by atoms with van der Waals surface area (Å²) >= 11 is 1.69. The molecule has 102 valence electrons. The number of thiophene rings is 1. The molecule has 1 saturated heterocycles. The van der Waals surface area contributed by atoms with E-state index in [4.69, 9.17) is 0 Å². The predicted octanol–water partition coefficient (Wildman–Crippen LogP) is 2.62. The molecule has 1 fully saturated rings. The predicted molar refractivity (Wildman–Crippen MR) is 78.3 cm³/mol. The first kappa shape index (κ1) is 12.8. The van der Waals surface area contributed by atoms with Gasteiger partial charge in [0.15, 0.2) is 5.82 Å². The number of hydrogen-bond acceptors (Lipinski definition) is 4. The summed E-state index contributed by atoms with van der Waals surface area (Å²) in [5, 5.41) is 10.2. The third-order valence-electron chi connectivity index (χ3n) is 3.72. The number of aryl methyl sites for hydroxylation is 2. The summed E-state index contributed by atoms with van der Waals surface area (Å²) in [6, 6.07) is 4.78. The van der Waals surface area contributed by atoms with E-state index >= 15 is 0 Å². The maximum Gasteiger partial charge on any atom is 0.191 e. The van der Waals surface area contributed by atoms with Crippen molar-refractivity contribution in [3.8, 4) is 10.7 Å². The Morgan fingerprint density at radius 2 is 2.42 bits per heavy atom. The molecule has 5 heteroatoms. The van der Waals surface area contributed by atoms with Gasteiger partial charge in [-0.3, -0.25) is 4.68 Å². The van der Waals surface area contributed by atoms with Crippen LogP contribution < -0.4 is 5.32 Å². The summed E-state index contributed by atoms with van der Waals surface area (Å²) in [7, 11) is 1.99. The summed E-state index contributed by atoms with van der Waals surface area (Å²) < 4.78 is 1.93. The Hall–Kier alpha value is -1.20. The highest BCUT2D eigenvalue weighted by Gasteiger charge is 2.15. The van der Waals surface area contributed by atoms with Gasteiger partial charge in [-0.1, -0.05) is 12.5 Å². The Morgan fingerprint density at radius 1 is 1.47 bits per heavy atom. The third-order valence-corrected chi connectivity index (χ3v) is 4.59. The summed E-state index contributed by atoms with van der Waals surface area (Å²) in [5.74, 6) is 1.96. The Bertz CT molecular complexity index is 512. The number of nitrogens with zero attached hydrogens (tertiary/aromatic N) is 3. The molecule has 1 aliphatic heterocycles. The van der Waals surface area contributed by atoms with E-state index in [-0.39, 0.29) is 0 Å². The molecule has 2 aromatic heterocycles. The number of rotatable bonds is 4. The van der Waals surface area contributed by atoms with E-state index in [9.17, 15) is 0 Å². The van der Waals surface area contributed by atoms with Crippen LogP contribution in [0.2, 0.25) is 0 Å². The van der Waals surface area contributed by atoms with Gasteiger partial charge in [0.25, 0.3) is 0 Å². The molecule has 1 aliphatic rings. The van der Waals surface area contributed by atoms with Crippen LogP contribution in [0.1, 0.15) is 31.5 Å². The molecule has 1 N–H and O–H groups in total. The minimum atomic E-state index is 0.663. The van der Waals surface area contributed by atoms with Gasteiger partial charge in [0.2, 0.25) is 0 Å². The Kier molecular flexibility index (Phi) is 3.94. The van der Waals surface area contributed by atoms with E-state index in [1.165, 1.54) is 25.8 Å². The van der Waals surface area contributed by atoms with E-state index in [0.29, 0.717) is 6.04 Å². The SMILES string of the molecule is Cn1nc(-c2cccs2)nc1CCC1CCCCN1. The van der Waals surface area contributed by atoms with Gasteiger partial charge in [-0.2, -0.15) is 5.10 Å². The third kappa shape index (κ3) is 3.04. The molecule has 0 aliphatic carbocycles. The molecule has 3 heterocycles. The fourth-order valence-corrected chi connectivity index (χ4v) is 3.27. The molecule has 3 rings (SSSR count). The largest absolute Gasteiger partial charge is 0.314 e. The first-order valence-corrected chi connectivity index (χ1v) is 7.88. The zero-order chi connectivity index (χ0) is 13.1. The molecule has 0 bridgehead atoms. The average Bonchev–Trinajstić information content (AvgIpc) is 3.07. The van der Waals surface area contributed by atoms with E-state index < -0.39 is 0 Å². The fourth-order valence-electron chi connectivity index (χ4n) is 2.62. The van der Waals surface area contributed by atoms with Crippen molar-refractivity contribution in [3.63, 3.8) is 0 Å². The van der Waals surface area contributed by atoms with Gasteiger partial charge in [0.1, 0.15) is 5.82 Å². The van der Waals surface area contributed by atoms with Gasteiger partial charge in [-0.15, -0.1) is 11.3 Å². The highest BCUT2D eigenvalue weighted by Crippen LogP contribution is 2.21. The standard InChI is InChI=1S/C14H20N4S/c1-18-13(8-7-11-5-2-3-9-15-11)16-14(17-18)12-6-4-10-19-12/h4,6,10-11,15H,2-3,5,7-9H2,1H3. The summed E-state index contributed by atoms with van der Waals surface area (Å²) in [6.07, 6.45) is 6.15. The number of piperidine rings is 1. The molecule has 19 heavy (non-hydrogen) atoms. The molecule has 0 aromatic carbocycles. The highest BCUT2D eigenvalue weighted by molar-refractivity contribution is 7.13. The van der Waals surface area contributed by atoms with Crippen LogP contribution in [0.25, 0.3) is 10.7 Å². The number of hydrogen-bond donors (Lipinski definition) is 1. The summed E-state index contributed by atoms with van der Waals surface area (Å²) in [5.41, 5.74) is 0. The Morgan fingerprint density at radius 3 is 3.16 bits per heavy atom. The minimum absolute atomic E-state index is 0.663. The van der Waals surface area contributed by atoms with Gasteiger partial charge in [0, 0.05) is 19.5 Å². The quantitative estimate of drug-likeness (QED) is 0.933. The molecule has 0 saturated carbocycles. The Labute approximate surface area is 117 Å². The van der Waals surface area contributed by atoms with Crippen LogP contribution in [-0.2, 0) is 13.5 Å². The van der Waals surface area contributed by atoms with Crippen LogP contribution in [0.5, 0.6) is 0 Å². The van der Waals surface area contributed by atoms with Crippen molar-refractivity contribution < 1.29 is 0 Å².